The van der Waals surface area contributed by atoms with E-state index in [0.29, 0.717) is 0 Å². The number of fused-ring (bicyclic) bond motifs is 1. The fraction of sp³-hybridized carbons (Fsp3) is 0.476. The number of phosphoric acid groups is 1. The van der Waals surface area contributed by atoms with Crippen molar-refractivity contribution in [1.82, 2.24) is 19.5 Å². The molecule has 10 unspecified atom stereocenters. The molecule has 2 fully saturated rings. The number of pyridine rings is 1. The lowest BCUT2D eigenvalue weighted by Gasteiger charge is -2.22. The van der Waals surface area contributed by atoms with Gasteiger partial charge in [-0.15, -0.1) is 0 Å². The van der Waals surface area contributed by atoms with Crippen molar-refractivity contribution in [1.29, 1.82) is 0 Å². The number of nitrogens with two attached hydrogens (primary N) is 2. The van der Waals surface area contributed by atoms with Gasteiger partial charge < -0.3 is 55.7 Å². The van der Waals surface area contributed by atoms with Gasteiger partial charge >= 0.3 is 14.5 Å². The molecule has 240 valence electrons. The molecule has 0 aromatic carbocycles. The lowest BCUT2D eigenvalue weighted by atomic mass is 10.1. The number of anilines is 1. The van der Waals surface area contributed by atoms with Gasteiger partial charge in [-0.2, -0.15) is 4.57 Å². The molecule has 3 aromatic heterocycles. The van der Waals surface area contributed by atoms with E-state index in [1.54, 1.807) is 0 Å². The number of primary amides is 1. The number of hydrogen-bond acceptors (Lipinski definition) is 16. The number of phosphoric ester groups is 1. The lowest BCUT2D eigenvalue weighted by molar-refractivity contribution is -0.765. The Kier molecular flexibility index (Phi) is 9.44. The maximum Gasteiger partial charge on any atom is 0.479 e. The van der Waals surface area contributed by atoms with Crippen molar-refractivity contribution in [2.75, 3.05) is 18.9 Å². The van der Waals surface area contributed by atoms with E-state index in [4.69, 9.17) is 41.8 Å². The Morgan fingerprint density at radius 1 is 1.05 bits per heavy atom. The van der Waals surface area contributed by atoms with Crippen molar-refractivity contribution in [3.63, 3.8) is 0 Å². The Balaban J connectivity index is 1.16. The largest absolute Gasteiger partial charge is 0.479 e. The first-order chi connectivity index (χ1) is 20.7. The van der Waals surface area contributed by atoms with Crippen LogP contribution in [0.4, 0.5) is 5.82 Å². The highest BCUT2D eigenvalue weighted by atomic mass is 32.5. The highest BCUT2D eigenvalue weighted by molar-refractivity contribution is 8.08. The zero-order chi connectivity index (χ0) is 32.0. The number of imidazole rings is 1. The average Bonchev–Trinajstić information content (AvgIpc) is 3.61. The fourth-order valence-electron chi connectivity index (χ4n) is 4.58. The Labute approximate surface area is 252 Å². The van der Waals surface area contributed by atoms with Crippen LogP contribution >= 0.6 is 14.5 Å². The smallest absolute Gasteiger partial charge is 0.387 e. The van der Waals surface area contributed by atoms with Gasteiger partial charge in [0.2, 0.25) is 0 Å². The van der Waals surface area contributed by atoms with Crippen LogP contribution in [0.1, 0.15) is 22.8 Å². The predicted octanol–water partition coefficient (Wildman–Crippen LogP) is -2.90. The number of carbonyl (C=O) groups excluding carboxylic acids is 1. The summed E-state index contributed by atoms with van der Waals surface area (Å²) in [6.07, 6.45) is -6.16. The van der Waals surface area contributed by atoms with Crippen molar-refractivity contribution in [3.8, 4) is 0 Å². The third kappa shape index (κ3) is 6.81. The predicted molar refractivity (Wildman–Crippen MR) is 146 cm³/mol. The molecule has 5 heterocycles. The summed E-state index contributed by atoms with van der Waals surface area (Å²) in [6, 6.07) is 2.88. The Bertz CT molecular complexity index is 1630. The lowest BCUT2D eigenvalue weighted by Crippen LogP contribution is -2.46. The van der Waals surface area contributed by atoms with Crippen molar-refractivity contribution in [3.05, 3.63) is 42.7 Å². The number of aromatic nitrogens is 5. The van der Waals surface area contributed by atoms with Gasteiger partial charge in [0.1, 0.15) is 47.9 Å². The van der Waals surface area contributed by atoms with Crippen molar-refractivity contribution >= 4 is 49.2 Å². The maximum atomic E-state index is 12.5. The van der Waals surface area contributed by atoms with Gasteiger partial charge in [-0.05, 0) is 17.9 Å². The number of amides is 1. The topological polar surface area (TPSA) is 301 Å². The monoisotopic (exact) mass is 680 g/mol. The number of nitrogens with zero attached hydrogens (tertiary/aromatic N) is 5. The summed E-state index contributed by atoms with van der Waals surface area (Å²) in [5.74, 6) is -0.667. The summed E-state index contributed by atoms with van der Waals surface area (Å²) in [4.78, 5) is 43.9. The molecule has 0 radical (unpaired) electrons. The van der Waals surface area contributed by atoms with E-state index in [2.05, 4.69) is 19.3 Å². The molecule has 0 saturated carbocycles. The minimum Gasteiger partial charge on any atom is -0.387 e. The summed E-state index contributed by atoms with van der Waals surface area (Å²) in [7, 11) is -5.16. The second kappa shape index (κ2) is 12.7. The standard InChI is InChI=1S/C21H27N7O13P2S/c22-17-12-19(25-7-24-17)28(8-26-12)21-16(32)14(30)11(40-21)6-38-43(36,44)41-42(34,35)37-5-10-13(29)15(31)20(39-10)27-3-1-2-9(4-27)18(23)33/h1-4,7-8,10-11,13-16,20-21,29-32H,5-6H2,(H5-,22,23,24,25,33,34,35,36,44)/p+1. The third-order valence-corrected chi connectivity index (χ3v) is 10.3. The van der Waals surface area contributed by atoms with Gasteiger partial charge in [0, 0.05) is 6.07 Å². The van der Waals surface area contributed by atoms with Gasteiger partial charge in [-0.1, -0.05) is 0 Å². The molecule has 5 rings (SSSR count). The summed E-state index contributed by atoms with van der Waals surface area (Å²) in [5.41, 5.74) is 11.6. The van der Waals surface area contributed by atoms with Gasteiger partial charge in [-0.25, -0.2) is 23.8 Å². The van der Waals surface area contributed by atoms with E-state index in [1.165, 1.54) is 46.3 Å². The fourth-order valence-corrected chi connectivity index (χ4v) is 7.61. The van der Waals surface area contributed by atoms with Gasteiger partial charge in [0.05, 0.1) is 19.5 Å². The molecule has 10 N–H and O–H groups in total. The summed E-state index contributed by atoms with van der Waals surface area (Å²) in [6.45, 7) is -6.03. The van der Waals surface area contributed by atoms with Crippen LogP contribution in [0.15, 0.2) is 37.2 Å². The minimum atomic E-state index is -5.16. The van der Waals surface area contributed by atoms with Crippen LogP contribution in [-0.4, -0.2) is 105 Å². The van der Waals surface area contributed by atoms with Crippen LogP contribution in [0, 0.1) is 0 Å². The molecule has 3 aromatic rings. The molecule has 0 aliphatic carbocycles. The molecule has 20 nitrogen and oxygen atoms in total. The van der Waals surface area contributed by atoms with E-state index < -0.39 is 82.7 Å². The summed E-state index contributed by atoms with van der Waals surface area (Å²) < 4.78 is 40.8. The molecular weight excluding hydrogens is 652 g/mol. The van der Waals surface area contributed by atoms with E-state index in [9.17, 15) is 39.6 Å². The first-order valence-corrected chi connectivity index (χ1v) is 16.7. The Morgan fingerprint density at radius 2 is 1.73 bits per heavy atom. The van der Waals surface area contributed by atoms with Crippen molar-refractivity contribution in [2.24, 2.45) is 5.73 Å². The van der Waals surface area contributed by atoms with Gasteiger partial charge in [-0.3, -0.25) is 13.9 Å². The molecule has 2 saturated heterocycles. The number of hydrogen-bond donors (Lipinski definition) is 8. The minimum absolute atomic E-state index is 0.0781. The number of aliphatic hydroxyl groups is 4. The number of carbonyl (C=O) groups is 1. The highest BCUT2D eigenvalue weighted by Crippen LogP contribution is 2.61. The van der Waals surface area contributed by atoms with Crippen molar-refractivity contribution < 1.29 is 67.0 Å². The first-order valence-electron chi connectivity index (χ1n) is 12.6. The number of rotatable bonds is 11. The number of ether oxygens (including phenoxy) is 2. The molecule has 2 aliphatic heterocycles. The molecule has 1 amide bonds. The normalized spacial score (nSPS) is 31.6. The van der Waals surface area contributed by atoms with E-state index in [-0.39, 0.29) is 22.5 Å². The van der Waals surface area contributed by atoms with E-state index >= 15 is 0 Å². The Morgan fingerprint density at radius 3 is 2.45 bits per heavy atom. The zero-order valence-corrected chi connectivity index (χ0v) is 24.8. The molecule has 0 bridgehead atoms. The van der Waals surface area contributed by atoms with Crippen LogP contribution in [-0.2, 0) is 39.2 Å². The van der Waals surface area contributed by atoms with Gasteiger partial charge in [0.15, 0.2) is 36.2 Å². The van der Waals surface area contributed by atoms with Crippen LogP contribution in [0.5, 0.6) is 0 Å². The summed E-state index contributed by atoms with van der Waals surface area (Å²) >= 11 is 4.79. The average molecular weight is 681 g/mol. The van der Waals surface area contributed by atoms with Crippen LogP contribution in [0.2, 0.25) is 0 Å². The zero-order valence-electron chi connectivity index (χ0n) is 22.2. The Hall–Kier alpha value is -2.59. The molecule has 44 heavy (non-hydrogen) atoms. The second-order valence-electron chi connectivity index (χ2n) is 9.69. The molecule has 2 aliphatic rings. The number of nitrogen functional groups attached to an aromatic ring is 1. The van der Waals surface area contributed by atoms with Crippen LogP contribution in [0.25, 0.3) is 11.2 Å². The maximum absolute atomic E-state index is 12.5. The molecular formula is C21H28N7O13P2S+. The third-order valence-electron chi connectivity index (χ3n) is 6.75. The summed E-state index contributed by atoms with van der Waals surface area (Å²) in [5, 5.41) is 41.8. The van der Waals surface area contributed by atoms with Gasteiger partial charge in [0.25, 0.3) is 12.1 Å². The van der Waals surface area contributed by atoms with E-state index in [1.807, 2.05) is 0 Å². The van der Waals surface area contributed by atoms with E-state index in [0.717, 1.165) is 0 Å². The van der Waals surface area contributed by atoms with Crippen LogP contribution < -0.4 is 16.0 Å². The highest BCUT2D eigenvalue weighted by Gasteiger charge is 2.50. The second-order valence-corrected chi connectivity index (χ2v) is 14.1. The quantitative estimate of drug-likeness (QED) is 0.0744. The molecule has 23 heteroatoms. The number of aliphatic hydroxyl groups excluding tert-OH is 4. The SMILES string of the molecule is NC(=O)c1ccc[n+](C2OC(COP(=O)(O)OP(O)(=S)OCC3OC(n4cnc5c(N)ncnc54)C(O)C3O)C(O)C2O)c1. The van der Waals surface area contributed by atoms with Crippen molar-refractivity contribution in [2.45, 2.75) is 49.1 Å². The van der Waals surface area contributed by atoms with Crippen LogP contribution in [0.3, 0.4) is 0 Å². The first kappa shape index (κ1) is 32.8. The molecule has 10 atom stereocenters. The molecule has 0 spiro atoms.